The number of aliphatic hydroxyl groups excluding tert-OH is 1. The van der Waals surface area contributed by atoms with E-state index in [9.17, 15) is 23.1 Å². The maximum absolute atomic E-state index is 13.2. The van der Waals surface area contributed by atoms with E-state index in [4.69, 9.17) is 4.74 Å². The van der Waals surface area contributed by atoms with Crippen LogP contribution in [0.1, 0.15) is 44.2 Å². The third-order valence-corrected chi connectivity index (χ3v) is 4.03. The minimum absolute atomic E-state index is 0.0283. The molecule has 2 unspecified atom stereocenters. The molecule has 0 spiro atoms. The summed E-state index contributed by atoms with van der Waals surface area (Å²) >= 11 is 0. The number of hydrogen-bond acceptors (Lipinski definition) is 3. The highest BCUT2D eigenvalue weighted by molar-refractivity contribution is 5.79. The number of carbonyl (C=O) groups is 1. The van der Waals surface area contributed by atoms with E-state index in [1.165, 1.54) is 12.1 Å². The lowest BCUT2D eigenvalue weighted by Crippen LogP contribution is -2.34. The van der Waals surface area contributed by atoms with Gasteiger partial charge in [0.25, 0.3) is 0 Å². The zero-order valence-corrected chi connectivity index (χ0v) is 13.7. The summed E-state index contributed by atoms with van der Waals surface area (Å²) in [6.07, 6.45) is -3.64. The number of halogens is 3. The Morgan fingerprint density at radius 1 is 1.38 bits per heavy atom. The number of benzene rings is 1. The van der Waals surface area contributed by atoms with Crippen molar-refractivity contribution in [1.29, 1.82) is 0 Å². The van der Waals surface area contributed by atoms with Crippen LogP contribution in [0.2, 0.25) is 0 Å². The Kier molecular flexibility index (Phi) is 5.74. The first-order chi connectivity index (χ1) is 11.2. The predicted molar refractivity (Wildman–Crippen MR) is 82.4 cm³/mol. The molecule has 0 saturated heterocycles. The number of aliphatic hydroxyl groups is 1. The van der Waals surface area contributed by atoms with Gasteiger partial charge in [0.2, 0.25) is 5.91 Å². The van der Waals surface area contributed by atoms with Crippen molar-refractivity contribution in [2.75, 3.05) is 0 Å². The van der Waals surface area contributed by atoms with Crippen molar-refractivity contribution in [3.8, 4) is 5.75 Å². The molecule has 0 radical (unpaired) electrons. The van der Waals surface area contributed by atoms with Crippen molar-refractivity contribution in [2.45, 2.75) is 58.0 Å². The maximum atomic E-state index is 13.2. The predicted octanol–water partition coefficient (Wildman–Crippen LogP) is 3.27. The first kappa shape index (κ1) is 18.6. The molecule has 1 amide bonds. The van der Waals surface area contributed by atoms with Gasteiger partial charge >= 0.3 is 6.18 Å². The van der Waals surface area contributed by atoms with Gasteiger partial charge in [0.15, 0.2) is 0 Å². The van der Waals surface area contributed by atoms with Gasteiger partial charge in [-0.1, -0.05) is 6.07 Å². The lowest BCUT2D eigenvalue weighted by Gasteiger charge is -2.18. The highest BCUT2D eigenvalue weighted by atomic mass is 19.4. The topological polar surface area (TPSA) is 58.6 Å². The molecule has 0 heterocycles. The third-order valence-electron chi connectivity index (χ3n) is 4.03. The van der Waals surface area contributed by atoms with Crippen LogP contribution in [0.4, 0.5) is 13.2 Å². The fourth-order valence-corrected chi connectivity index (χ4v) is 2.88. The van der Waals surface area contributed by atoms with Crippen molar-refractivity contribution in [3.05, 3.63) is 29.3 Å². The van der Waals surface area contributed by atoms with E-state index in [0.29, 0.717) is 12.8 Å². The number of ether oxygens (including phenoxy) is 1. The number of amides is 1. The molecule has 134 valence electrons. The standard InChI is InChI=1S/C17H22F3NO3/c1-10(2)24-12-7-6-11(14(8-12)17(18,19)20)9-21-16(23)13-4-3-5-15(13)22/h6-8,10,13,15,22H,3-5,9H2,1-2H3,(H,21,23). The van der Waals surface area contributed by atoms with Crippen LogP contribution in [0.15, 0.2) is 18.2 Å². The number of hydrogen-bond donors (Lipinski definition) is 2. The van der Waals surface area contributed by atoms with Gasteiger partial charge in [-0.25, -0.2) is 0 Å². The van der Waals surface area contributed by atoms with Crippen LogP contribution in [0.3, 0.4) is 0 Å². The average Bonchev–Trinajstić information content (AvgIpc) is 2.90. The summed E-state index contributed by atoms with van der Waals surface area (Å²) in [6.45, 7) is 3.22. The molecule has 0 aliphatic heterocycles. The lowest BCUT2D eigenvalue weighted by molar-refractivity contribution is -0.138. The number of alkyl halides is 3. The van der Waals surface area contributed by atoms with E-state index in [2.05, 4.69) is 5.32 Å². The van der Waals surface area contributed by atoms with Crippen LogP contribution in [-0.2, 0) is 17.5 Å². The maximum Gasteiger partial charge on any atom is 0.416 e. The van der Waals surface area contributed by atoms with Crippen molar-refractivity contribution < 1.29 is 27.8 Å². The Balaban J connectivity index is 2.12. The molecule has 1 saturated carbocycles. The molecule has 0 bridgehead atoms. The normalized spacial score (nSPS) is 21.1. The zero-order chi connectivity index (χ0) is 17.9. The highest BCUT2D eigenvalue weighted by Crippen LogP contribution is 2.35. The summed E-state index contributed by atoms with van der Waals surface area (Å²) in [5.74, 6) is -0.808. The Morgan fingerprint density at radius 3 is 2.62 bits per heavy atom. The first-order valence-corrected chi connectivity index (χ1v) is 8.01. The van der Waals surface area contributed by atoms with Crippen LogP contribution in [0.25, 0.3) is 0 Å². The highest BCUT2D eigenvalue weighted by Gasteiger charge is 2.35. The molecule has 0 aromatic heterocycles. The molecule has 7 heteroatoms. The van der Waals surface area contributed by atoms with Crippen molar-refractivity contribution >= 4 is 5.91 Å². The summed E-state index contributed by atoms with van der Waals surface area (Å²) in [4.78, 5) is 12.0. The van der Waals surface area contributed by atoms with Crippen molar-refractivity contribution in [1.82, 2.24) is 5.32 Å². The molecular weight excluding hydrogens is 323 g/mol. The van der Waals surface area contributed by atoms with E-state index in [1.807, 2.05) is 0 Å². The minimum atomic E-state index is -4.54. The van der Waals surface area contributed by atoms with Gasteiger partial charge < -0.3 is 15.2 Å². The van der Waals surface area contributed by atoms with Crippen LogP contribution in [0.5, 0.6) is 5.75 Å². The quantitative estimate of drug-likeness (QED) is 0.861. The molecule has 1 fully saturated rings. The van der Waals surface area contributed by atoms with Crippen LogP contribution >= 0.6 is 0 Å². The number of nitrogens with one attached hydrogen (secondary N) is 1. The summed E-state index contributed by atoms with van der Waals surface area (Å²) in [7, 11) is 0. The van der Waals surface area contributed by atoms with Crippen LogP contribution in [0, 0.1) is 5.92 Å². The fourth-order valence-electron chi connectivity index (χ4n) is 2.88. The van der Waals surface area contributed by atoms with E-state index in [-0.39, 0.29) is 24.0 Å². The van der Waals surface area contributed by atoms with E-state index < -0.39 is 29.7 Å². The largest absolute Gasteiger partial charge is 0.491 e. The second kappa shape index (κ2) is 7.42. The minimum Gasteiger partial charge on any atom is -0.491 e. The lowest BCUT2D eigenvalue weighted by atomic mass is 10.0. The van der Waals surface area contributed by atoms with Gasteiger partial charge in [-0.15, -0.1) is 0 Å². The van der Waals surface area contributed by atoms with Crippen molar-refractivity contribution in [2.24, 2.45) is 5.92 Å². The number of carbonyl (C=O) groups excluding carboxylic acids is 1. The second-order valence-corrected chi connectivity index (χ2v) is 6.31. The molecule has 4 nitrogen and oxygen atoms in total. The zero-order valence-electron chi connectivity index (χ0n) is 13.7. The van der Waals surface area contributed by atoms with Gasteiger partial charge in [-0.2, -0.15) is 13.2 Å². The molecule has 1 aliphatic carbocycles. The summed E-state index contributed by atoms with van der Waals surface area (Å²) in [5, 5.41) is 12.2. The molecule has 24 heavy (non-hydrogen) atoms. The van der Waals surface area contributed by atoms with Crippen LogP contribution < -0.4 is 10.1 Å². The van der Waals surface area contributed by atoms with E-state index in [0.717, 1.165) is 12.5 Å². The smallest absolute Gasteiger partial charge is 0.416 e. The summed E-state index contributed by atoms with van der Waals surface area (Å²) in [5.41, 5.74) is -0.854. The fraction of sp³-hybridized carbons (Fsp3) is 0.588. The van der Waals surface area contributed by atoms with Gasteiger partial charge in [0.05, 0.1) is 23.7 Å². The SMILES string of the molecule is CC(C)Oc1ccc(CNC(=O)C2CCCC2O)c(C(F)(F)F)c1. The molecular formula is C17H22F3NO3. The third kappa shape index (κ3) is 4.63. The van der Waals surface area contributed by atoms with Gasteiger partial charge in [-0.3, -0.25) is 4.79 Å². The van der Waals surface area contributed by atoms with Gasteiger partial charge in [0.1, 0.15) is 5.75 Å². The molecule has 2 rings (SSSR count). The van der Waals surface area contributed by atoms with Crippen molar-refractivity contribution in [3.63, 3.8) is 0 Å². The number of rotatable bonds is 5. The van der Waals surface area contributed by atoms with Crippen LogP contribution in [-0.4, -0.2) is 23.2 Å². The molecule has 1 aromatic rings. The van der Waals surface area contributed by atoms with E-state index >= 15 is 0 Å². The molecule has 2 N–H and O–H groups in total. The average molecular weight is 345 g/mol. The Labute approximate surface area is 139 Å². The first-order valence-electron chi connectivity index (χ1n) is 8.01. The van der Waals surface area contributed by atoms with Gasteiger partial charge in [-0.05, 0) is 50.8 Å². The summed E-state index contributed by atoms with van der Waals surface area (Å²) < 4.78 is 45.0. The molecule has 1 aromatic carbocycles. The molecule has 2 atom stereocenters. The second-order valence-electron chi connectivity index (χ2n) is 6.31. The Bertz CT molecular complexity index is 587. The van der Waals surface area contributed by atoms with E-state index in [1.54, 1.807) is 13.8 Å². The monoisotopic (exact) mass is 345 g/mol. The summed E-state index contributed by atoms with van der Waals surface area (Å²) in [6, 6.07) is 3.72. The van der Waals surface area contributed by atoms with Gasteiger partial charge in [0, 0.05) is 6.54 Å². The Morgan fingerprint density at radius 2 is 2.08 bits per heavy atom. The molecule has 1 aliphatic rings. The Hall–Kier alpha value is -1.76.